The largest absolute Gasteiger partial charge is 0.330 e. The first-order chi connectivity index (χ1) is 11.1. The van der Waals surface area contributed by atoms with Crippen molar-refractivity contribution in [2.75, 3.05) is 19.6 Å². The van der Waals surface area contributed by atoms with Crippen LogP contribution in [0.4, 0.5) is 4.39 Å². The van der Waals surface area contributed by atoms with Crippen LogP contribution in [0.25, 0.3) is 0 Å². The molecule has 0 bridgehead atoms. The number of rotatable bonds is 2. The number of imidazole rings is 1. The van der Waals surface area contributed by atoms with Gasteiger partial charge in [0.25, 0.3) is 5.91 Å². The molecular weight excluding hydrogens is 366 g/mol. The van der Waals surface area contributed by atoms with Crippen LogP contribution in [-0.2, 0) is 7.05 Å². The molecule has 1 amide bonds. The average molecular weight is 387 g/mol. The number of hydrogen-bond acceptors (Lipinski definition) is 3. The van der Waals surface area contributed by atoms with Crippen molar-refractivity contribution in [1.29, 1.82) is 0 Å². The van der Waals surface area contributed by atoms with E-state index in [1.54, 1.807) is 29.1 Å². The molecule has 4 rings (SSSR count). The van der Waals surface area contributed by atoms with Crippen LogP contribution in [0.15, 0.2) is 36.7 Å². The summed E-state index contributed by atoms with van der Waals surface area (Å²) in [5, 5.41) is 3.39. The summed E-state index contributed by atoms with van der Waals surface area (Å²) in [4.78, 5) is 19.0. The van der Waals surface area contributed by atoms with E-state index in [-0.39, 0.29) is 42.6 Å². The fraction of sp³-hybridized carbons (Fsp3) is 0.412. The highest BCUT2D eigenvalue weighted by atomic mass is 35.5. The lowest BCUT2D eigenvalue weighted by Gasteiger charge is -2.28. The van der Waals surface area contributed by atoms with E-state index in [1.165, 1.54) is 6.07 Å². The molecule has 0 saturated carbocycles. The molecule has 3 heterocycles. The molecule has 5 nitrogen and oxygen atoms in total. The highest BCUT2D eigenvalue weighted by Gasteiger charge is 2.47. The number of aryl methyl sites for hydroxylation is 1. The standard InChI is InChI=1S/C17H19FN4O.2ClH/c1-21-6-5-20-16(21)17(23)22-10-12-8-19-9-14(12)15(22)11-3-2-4-13(18)7-11;;/h2-7,12,14-15,19H,8-10H2,1H3;2*1H/t12-,14-,15+;;/m0../s1. The molecule has 0 aliphatic carbocycles. The minimum Gasteiger partial charge on any atom is -0.330 e. The summed E-state index contributed by atoms with van der Waals surface area (Å²) in [6.07, 6.45) is 3.39. The predicted octanol–water partition coefficient (Wildman–Crippen LogP) is 2.44. The van der Waals surface area contributed by atoms with Crippen LogP contribution in [0.3, 0.4) is 0 Å². The van der Waals surface area contributed by atoms with Gasteiger partial charge in [0.2, 0.25) is 0 Å². The molecule has 3 atom stereocenters. The van der Waals surface area contributed by atoms with Crippen LogP contribution >= 0.6 is 24.8 Å². The molecule has 1 aromatic carbocycles. The van der Waals surface area contributed by atoms with Crippen molar-refractivity contribution >= 4 is 30.7 Å². The Labute approximate surface area is 158 Å². The van der Waals surface area contributed by atoms with E-state index in [1.807, 2.05) is 18.0 Å². The van der Waals surface area contributed by atoms with Crippen molar-refractivity contribution in [1.82, 2.24) is 19.8 Å². The number of amides is 1. The van der Waals surface area contributed by atoms with Crippen molar-refractivity contribution in [2.45, 2.75) is 6.04 Å². The number of fused-ring (bicyclic) bond motifs is 1. The van der Waals surface area contributed by atoms with Crippen LogP contribution in [-0.4, -0.2) is 40.0 Å². The topological polar surface area (TPSA) is 50.2 Å². The summed E-state index contributed by atoms with van der Waals surface area (Å²) in [7, 11) is 1.82. The third-order valence-electron chi connectivity index (χ3n) is 5.03. The second kappa shape index (κ2) is 7.72. The van der Waals surface area contributed by atoms with Gasteiger partial charge in [-0.3, -0.25) is 4.79 Å². The molecule has 1 N–H and O–H groups in total. The summed E-state index contributed by atoms with van der Waals surface area (Å²) in [5.74, 6) is 0.815. The van der Waals surface area contributed by atoms with Crippen LogP contribution in [0.5, 0.6) is 0 Å². The van der Waals surface area contributed by atoms with Crippen LogP contribution < -0.4 is 5.32 Å². The molecule has 25 heavy (non-hydrogen) atoms. The Balaban J connectivity index is 0.00000113. The fourth-order valence-electron chi connectivity index (χ4n) is 3.95. The summed E-state index contributed by atoms with van der Waals surface area (Å²) in [6, 6.07) is 6.50. The molecule has 136 valence electrons. The molecule has 2 aliphatic heterocycles. The van der Waals surface area contributed by atoms with Gasteiger partial charge in [-0.15, -0.1) is 24.8 Å². The normalized spacial score (nSPS) is 24.4. The monoisotopic (exact) mass is 386 g/mol. The minimum absolute atomic E-state index is 0. The predicted molar refractivity (Wildman–Crippen MR) is 97.7 cm³/mol. The van der Waals surface area contributed by atoms with Crippen molar-refractivity contribution < 1.29 is 9.18 Å². The number of carbonyl (C=O) groups is 1. The average Bonchev–Trinajstić information content (AvgIpc) is 3.21. The molecule has 2 fully saturated rings. The molecule has 8 heteroatoms. The highest BCUT2D eigenvalue weighted by Crippen LogP contribution is 2.43. The third-order valence-corrected chi connectivity index (χ3v) is 5.03. The number of nitrogens with one attached hydrogen (secondary N) is 1. The summed E-state index contributed by atoms with van der Waals surface area (Å²) in [6.45, 7) is 2.45. The number of carbonyl (C=O) groups excluding carboxylic acids is 1. The van der Waals surface area contributed by atoms with Gasteiger partial charge in [0, 0.05) is 45.0 Å². The van der Waals surface area contributed by atoms with Crippen molar-refractivity contribution in [2.24, 2.45) is 18.9 Å². The molecule has 0 spiro atoms. The summed E-state index contributed by atoms with van der Waals surface area (Å²) >= 11 is 0. The molecular formula is C17H21Cl2FN4O. The molecule has 2 aliphatic rings. The van der Waals surface area contributed by atoms with E-state index in [2.05, 4.69) is 10.3 Å². The first-order valence-electron chi connectivity index (χ1n) is 7.89. The van der Waals surface area contributed by atoms with E-state index >= 15 is 0 Å². The van der Waals surface area contributed by atoms with Gasteiger partial charge >= 0.3 is 0 Å². The van der Waals surface area contributed by atoms with Crippen molar-refractivity contribution in [3.63, 3.8) is 0 Å². The van der Waals surface area contributed by atoms with Gasteiger partial charge in [0.05, 0.1) is 6.04 Å². The van der Waals surface area contributed by atoms with Crippen LogP contribution in [0.1, 0.15) is 22.2 Å². The first kappa shape index (κ1) is 19.7. The number of benzene rings is 1. The maximum atomic E-state index is 13.7. The Hall–Kier alpha value is -1.63. The minimum atomic E-state index is -0.263. The number of hydrogen-bond donors (Lipinski definition) is 1. The zero-order valence-electron chi connectivity index (χ0n) is 13.8. The van der Waals surface area contributed by atoms with Crippen LogP contribution in [0.2, 0.25) is 0 Å². The fourth-order valence-corrected chi connectivity index (χ4v) is 3.95. The van der Waals surface area contributed by atoms with Crippen molar-refractivity contribution in [3.8, 4) is 0 Å². The quantitative estimate of drug-likeness (QED) is 0.861. The van der Waals surface area contributed by atoms with Crippen LogP contribution in [0, 0.1) is 17.7 Å². The maximum Gasteiger partial charge on any atom is 0.290 e. The highest BCUT2D eigenvalue weighted by molar-refractivity contribution is 5.91. The van der Waals surface area contributed by atoms with Gasteiger partial charge in [-0.05, 0) is 23.6 Å². The maximum absolute atomic E-state index is 13.7. The second-order valence-corrected chi connectivity index (χ2v) is 6.40. The number of likely N-dealkylation sites (tertiary alicyclic amines) is 1. The van der Waals surface area contributed by atoms with Gasteiger partial charge in [-0.25, -0.2) is 9.37 Å². The lowest BCUT2D eigenvalue weighted by Crippen LogP contribution is -2.36. The van der Waals surface area contributed by atoms with Gasteiger partial charge in [-0.1, -0.05) is 12.1 Å². The summed E-state index contributed by atoms with van der Waals surface area (Å²) < 4.78 is 15.4. The Bertz CT molecular complexity index is 754. The van der Waals surface area contributed by atoms with E-state index in [4.69, 9.17) is 0 Å². The Morgan fingerprint density at radius 3 is 2.80 bits per heavy atom. The number of halogens is 3. The second-order valence-electron chi connectivity index (χ2n) is 6.40. The van der Waals surface area contributed by atoms with E-state index in [0.29, 0.717) is 24.2 Å². The van der Waals surface area contributed by atoms with E-state index in [0.717, 1.165) is 18.7 Å². The van der Waals surface area contributed by atoms with Gasteiger partial charge in [-0.2, -0.15) is 0 Å². The zero-order chi connectivity index (χ0) is 16.0. The third kappa shape index (κ3) is 3.38. The van der Waals surface area contributed by atoms with Gasteiger partial charge in [0.15, 0.2) is 5.82 Å². The lowest BCUT2D eigenvalue weighted by atomic mass is 9.89. The SMILES string of the molecule is Cl.Cl.Cn1ccnc1C(=O)N1C[C@@H]2CNC[C@@H]2[C@H]1c1cccc(F)c1. The Morgan fingerprint density at radius 1 is 1.32 bits per heavy atom. The van der Waals surface area contributed by atoms with Gasteiger partial charge < -0.3 is 14.8 Å². The van der Waals surface area contributed by atoms with E-state index < -0.39 is 0 Å². The Morgan fingerprint density at radius 2 is 2.12 bits per heavy atom. The number of aromatic nitrogens is 2. The molecule has 1 aromatic heterocycles. The van der Waals surface area contributed by atoms with Gasteiger partial charge in [0.1, 0.15) is 5.82 Å². The van der Waals surface area contributed by atoms with E-state index in [9.17, 15) is 9.18 Å². The first-order valence-corrected chi connectivity index (χ1v) is 7.89. The van der Waals surface area contributed by atoms with Crippen molar-refractivity contribution in [3.05, 3.63) is 53.9 Å². The molecule has 0 radical (unpaired) electrons. The number of nitrogens with zero attached hydrogens (tertiary/aromatic N) is 3. The summed E-state index contributed by atoms with van der Waals surface area (Å²) in [5.41, 5.74) is 0.865. The molecule has 2 aromatic rings. The molecule has 0 unspecified atom stereocenters. The molecule has 2 saturated heterocycles. The smallest absolute Gasteiger partial charge is 0.290 e. The zero-order valence-corrected chi connectivity index (χ0v) is 15.4. The lowest BCUT2D eigenvalue weighted by molar-refractivity contribution is 0.0697. The Kier molecular flexibility index (Phi) is 6.08.